The average Bonchev–Trinajstić information content (AvgIpc) is 3.52. The van der Waals surface area contributed by atoms with Crippen molar-refractivity contribution in [3.8, 4) is 22.0 Å². The summed E-state index contributed by atoms with van der Waals surface area (Å²) >= 11 is 1.58. The second-order valence-corrected chi connectivity index (χ2v) is 11.3. The monoisotopic (exact) mass is 483 g/mol. The van der Waals surface area contributed by atoms with Gasteiger partial charge in [0.1, 0.15) is 17.7 Å². The fourth-order valence-electron chi connectivity index (χ4n) is 6.51. The topological polar surface area (TPSA) is 67.3 Å². The molecule has 5 nitrogen and oxygen atoms in total. The van der Waals surface area contributed by atoms with Crippen LogP contribution in [0.3, 0.4) is 0 Å². The van der Waals surface area contributed by atoms with Crippen LogP contribution in [0.2, 0.25) is 0 Å². The molecule has 3 fully saturated rings. The van der Waals surface area contributed by atoms with E-state index in [9.17, 15) is 0 Å². The number of nitrogens with one attached hydrogen (secondary N) is 1. The lowest BCUT2D eigenvalue weighted by atomic mass is 9.58. The molecular weight excluding hydrogens is 457 g/mol. The lowest BCUT2D eigenvalue weighted by molar-refractivity contribution is 0.0334. The molecule has 0 aliphatic heterocycles. The van der Waals surface area contributed by atoms with Gasteiger partial charge in [0.2, 0.25) is 0 Å². The van der Waals surface area contributed by atoms with Gasteiger partial charge in [-0.3, -0.25) is 0 Å². The van der Waals surface area contributed by atoms with Gasteiger partial charge >= 0.3 is 0 Å². The van der Waals surface area contributed by atoms with E-state index in [1.165, 1.54) is 32.0 Å². The summed E-state index contributed by atoms with van der Waals surface area (Å²) in [4.78, 5) is 22.2. The van der Waals surface area contributed by atoms with Gasteiger partial charge in [-0.1, -0.05) is 25.1 Å². The molecule has 7 heteroatoms. The van der Waals surface area contributed by atoms with Crippen LogP contribution in [0.1, 0.15) is 38.3 Å². The highest BCUT2D eigenvalue weighted by molar-refractivity contribution is 7.22. The van der Waals surface area contributed by atoms with Crippen molar-refractivity contribution in [3.05, 3.63) is 60.6 Å². The van der Waals surface area contributed by atoms with Gasteiger partial charge in [0.15, 0.2) is 11.6 Å². The number of aromatic amines is 1. The first-order valence-corrected chi connectivity index (χ1v) is 13.3. The van der Waals surface area contributed by atoms with Gasteiger partial charge in [0.05, 0.1) is 10.6 Å². The number of rotatable bonds is 4. The highest BCUT2D eigenvalue weighted by Crippen LogP contribution is 2.50. The SMILES string of the molecule is CC1C2CCC(CC2)C1Cc1nc(-c2c[nH]c3ncncc23)nc(-c2cc3ccccc3s2)c1F. The Hall–Kier alpha value is -3.19. The summed E-state index contributed by atoms with van der Waals surface area (Å²) in [5, 5.41) is 1.95. The maximum absolute atomic E-state index is 16.2. The molecule has 2 bridgehead atoms. The van der Waals surface area contributed by atoms with Gasteiger partial charge in [0, 0.05) is 28.0 Å². The van der Waals surface area contributed by atoms with Crippen LogP contribution >= 0.6 is 11.3 Å². The molecule has 4 aromatic heterocycles. The molecule has 3 aliphatic carbocycles. The Balaban J connectivity index is 1.39. The Labute approximate surface area is 206 Å². The summed E-state index contributed by atoms with van der Waals surface area (Å²) in [5.41, 5.74) is 2.47. The Bertz CT molecular complexity index is 1510. The minimum Gasteiger partial charge on any atom is -0.345 e. The van der Waals surface area contributed by atoms with Crippen LogP contribution in [-0.2, 0) is 6.42 Å². The second kappa shape index (κ2) is 8.19. The number of aromatic nitrogens is 5. The number of fused-ring (bicyclic) bond motifs is 5. The van der Waals surface area contributed by atoms with E-state index in [1.54, 1.807) is 17.5 Å². The largest absolute Gasteiger partial charge is 0.345 e. The van der Waals surface area contributed by atoms with Crippen molar-refractivity contribution in [2.75, 3.05) is 0 Å². The van der Waals surface area contributed by atoms with E-state index in [2.05, 4.69) is 34.0 Å². The molecule has 0 amide bonds. The van der Waals surface area contributed by atoms with Crippen LogP contribution < -0.4 is 0 Å². The highest BCUT2D eigenvalue weighted by Gasteiger charge is 2.41. The summed E-state index contributed by atoms with van der Waals surface area (Å²) in [5.74, 6) is 2.77. The first-order chi connectivity index (χ1) is 17.2. The molecule has 3 saturated carbocycles. The van der Waals surface area contributed by atoms with E-state index in [4.69, 9.17) is 9.97 Å². The van der Waals surface area contributed by atoms with Crippen LogP contribution in [0.4, 0.5) is 4.39 Å². The van der Waals surface area contributed by atoms with Crippen molar-refractivity contribution in [1.82, 2.24) is 24.9 Å². The van der Waals surface area contributed by atoms with Crippen LogP contribution in [0.25, 0.3) is 43.1 Å². The predicted octanol–water partition coefficient (Wildman–Crippen LogP) is 7.05. The summed E-state index contributed by atoms with van der Waals surface area (Å²) in [7, 11) is 0. The molecule has 0 saturated heterocycles. The fourth-order valence-corrected chi connectivity index (χ4v) is 7.56. The second-order valence-electron chi connectivity index (χ2n) is 10.2. The lowest BCUT2D eigenvalue weighted by Gasteiger charge is -2.47. The van der Waals surface area contributed by atoms with E-state index in [0.29, 0.717) is 41.4 Å². The summed E-state index contributed by atoms with van der Waals surface area (Å²) in [6, 6.07) is 10.2. The van der Waals surface area contributed by atoms with Gasteiger partial charge in [-0.05, 0) is 73.3 Å². The molecular formula is C28H26FN5S. The van der Waals surface area contributed by atoms with Crippen LogP contribution in [0.5, 0.6) is 0 Å². The Morgan fingerprint density at radius 2 is 1.91 bits per heavy atom. The van der Waals surface area contributed by atoms with E-state index in [-0.39, 0.29) is 5.82 Å². The quantitative estimate of drug-likeness (QED) is 0.297. The molecule has 2 atom stereocenters. The molecule has 8 rings (SSSR count). The number of nitrogens with zero attached hydrogens (tertiary/aromatic N) is 4. The lowest BCUT2D eigenvalue weighted by Crippen LogP contribution is -2.39. The van der Waals surface area contributed by atoms with Crippen LogP contribution in [0.15, 0.2) is 49.1 Å². The van der Waals surface area contributed by atoms with Crippen molar-refractivity contribution in [2.24, 2.45) is 23.7 Å². The average molecular weight is 484 g/mol. The molecule has 1 N–H and O–H groups in total. The first-order valence-electron chi connectivity index (χ1n) is 12.5. The van der Waals surface area contributed by atoms with Crippen molar-refractivity contribution in [1.29, 1.82) is 0 Å². The molecule has 35 heavy (non-hydrogen) atoms. The maximum Gasteiger partial charge on any atom is 0.171 e. The summed E-state index contributed by atoms with van der Waals surface area (Å²) in [6.45, 7) is 2.37. The fraction of sp³-hybridized carbons (Fsp3) is 0.357. The molecule has 4 heterocycles. The van der Waals surface area contributed by atoms with Gasteiger partial charge in [-0.2, -0.15) is 0 Å². The Morgan fingerprint density at radius 3 is 2.74 bits per heavy atom. The molecule has 1 aromatic carbocycles. The molecule has 0 radical (unpaired) electrons. The summed E-state index contributed by atoms with van der Waals surface area (Å²) in [6.07, 6.45) is 11.0. The number of benzene rings is 1. The smallest absolute Gasteiger partial charge is 0.171 e. The molecule has 2 unspecified atom stereocenters. The minimum absolute atomic E-state index is 0.273. The van der Waals surface area contributed by atoms with Crippen molar-refractivity contribution >= 4 is 32.5 Å². The molecule has 176 valence electrons. The van der Waals surface area contributed by atoms with E-state index in [1.807, 2.05) is 24.4 Å². The van der Waals surface area contributed by atoms with E-state index >= 15 is 4.39 Å². The zero-order chi connectivity index (χ0) is 23.5. The predicted molar refractivity (Wildman–Crippen MR) is 137 cm³/mol. The third-order valence-electron chi connectivity index (χ3n) is 8.45. The number of halogens is 1. The standard InChI is InChI=1S/C28H26FN5S/c1-15-16-6-8-17(9-7-16)19(15)11-22-25(29)26(24-10-18-4-2-3-5-23(18)35-24)34-28(33-22)21-13-31-27-20(21)12-30-14-32-27/h2-5,10,12-17,19H,6-9,11H2,1H3,(H,30,31,32). The first kappa shape index (κ1) is 21.1. The normalized spacial score (nSPS) is 23.9. The van der Waals surface area contributed by atoms with E-state index in [0.717, 1.165) is 37.5 Å². The molecule has 0 spiro atoms. The van der Waals surface area contributed by atoms with Crippen molar-refractivity contribution < 1.29 is 4.39 Å². The molecule has 3 aliphatic rings. The third kappa shape index (κ3) is 3.47. The van der Waals surface area contributed by atoms with Crippen LogP contribution in [-0.4, -0.2) is 24.9 Å². The van der Waals surface area contributed by atoms with E-state index < -0.39 is 0 Å². The van der Waals surface area contributed by atoms with Gasteiger partial charge in [-0.25, -0.2) is 24.3 Å². The zero-order valence-corrected chi connectivity index (χ0v) is 20.4. The number of H-pyrrole nitrogens is 1. The number of hydrogen-bond donors (Lipinski definition) is 1. The van der Waals surface area contributed by atoms with Crippen molar-refractivity contribution in [2.45, 2.75) is 39.0 Å². The number of hydrogen-bond acceptors (Lipinski definition) is 5. The Morgan fingerprint density at radius 1 is 1.09 bits per heavy atom. The van der Waals surface area contributed by atoms with Gasteiger partial charge in [-0.15, -0.1) is 11.3 Å². The number of thiophene rings is 1. The highest BCUT2D eigenvalue weighted by atomic mass is 32.1. The Kier molecular flexibility index (Phi) is 4.94. The molecule has 5 aromatic rings. The van der Waals surface area contributed by atoms with Crippen molar-refractivity contribution in [3.63, 3.8) is 0 Å². The summed E-state index contributed by atoms with van der Waals surface area (Å²) < 4.78 is 17.3. The minimum atomic E-state index is -0.273. The van der Waals surface area contributed by atoms with Crippen LogP contribution in [0, 0.1) is 29.5 Å². The van der Waals surface area contributed by atoms with Gasteiger partial charge in [0.25, 0.3) is 0 Å². The van der Waals surface area contributed by atoms with Gasteiger partial charge < -0.3 is 4.98 Å². The third-order valence-corrected chi connectivity index (χ3v) is 9.57. The zero-order valence-electron chi connectivity index (χ0n) is 19.5. The maximum atomic E-state index is 16.2.